The smallest absolute Gasteiger partial charge is 0.307 e. The van der Waals surface area contributed by atoms with E-state index in [0.717, 1.165) is 6.42 Å². The molecule has 2 unspecified atom stereocenters. The lowest BCUT2D eigenvalue weighted by molar-refractivity contribution is -0.143. The Balaban J connectivity index is 1.84. The molecule has 0 saturated carbocycles. The van der Waals surface area contributed by atoms with Crippen LogP contribution >= 0.6 is 0 Å². The number of carbonyl (C=O) groups excluding carboxylic acids is 1. The van der Waals surface area contributed by atoms with Gasteiger partial charge in [-0.15, -0.1) is 0 Å². The molecule has 2 atom stereocenters. The van der Waals surface area contributed by atoms with Crippen LogP contribution < -0.4 is 4.90 Å². The minimum absolute atomic E-state index is 0.00873. The number of nitrogens with zero attached hydrogens (tertiary/aromatic N) is 2. The minimum atomic E-state index is -3.76. The van der Waals surface area contributed by atoms with Gasteiger partial charge in [0.05, 0.1) is 10.8 Å². The van der Waals surface area contributed by atoms with E-state index >= 15 is 0 Å². The predicted molar refractivity (Wildman–Crippen MR) is 91.7 cm³/mol. The van der Waals surface area contributed by atoms with Crippen molar-refractivity contribution >= 4 is 27.6 Å². The van der Waals surface area contributed by atoms with Crippen molar-refractivity contribution in [3.63, 3.8) is 0 Å². The second-order valence-electron chi connectivity index (χ2n) is 6.68. The fourth-order valence-electron chi connectivity index (χ4n) is 3.47. The van der Waals surface area contributed by atoms with E-state index in [2.05, 4.69) is 0 Å². The lowest BCUT2D eigenvalue weighted by Crippen LogP contribution is -2.47. The van der Waals surface area contributed by atoms with E-state index in [9.17, 15) is 23.1 Å². The number of carboxylic acid groups (broad SMARTS) is 1. The molecule has 2 heterocycles. The zero-order valence-electron chi connectivity index (χ0n) is 14.1. The molecule has 1 N–H and O–H groups in total. The lowest BCUT2D eigenvalue weighted by atomic mass is 9.96. The fourth-order valence-corrected chi connectivity index (χ4v) is 5.17. The highest BCUT2D eigenvalue weighted by Crippen LogP contribution is 2.30. The predicted octanol–water partition coefficient (Wildman–Crippen LogP) is 1.69. The number of carboxylic acids is 1. The Labute approximate surface area is 147 Å². The van der Waals surface area contributed by atoms with E-state index < -0.39 is 21.9 Å². The van der Waals surface area contributed by atoms with E-state index in [-0.39, 0.29) is 23.4 Å². The minimum Gasteiger partial charge on any atom is -0.481 e. The molecule has 8 heteroatoms. The summed E-state index contributed by atoms with van der Waals surface area (Å²) in [6.45, 7) is 2.44. The molecular formula is C17H22N2O5S. The van der Waals surface area contributed by atoms with Gasteiger partial charge in [0.15, 0.2) is 0 Å². The number of amides is 1. The van der Waals surface area contributed by atoms with Gasteiger partial charge in [-0.25, -0.2) is 8.42 Å². The number of benzene rings is 1. The Morgan fingerprint density at radius 2 is 1.88 bits per heavy atom. The maximum Gasteiger partial charge on any atom is 0.307 e. The van der Waals surface area contributed by atoms with E-state index in [0.29, 0.717) is 31.5 Å². The van der Waals surface area contributed by atoms with Crippen LogP contribution in [0.2, 0.25) is 0 Å². The number of hydrogen-bond acceptors (Lipinski definition) is 4. The van der Waals surface area contributed by atoms with Gasteiger partial charge < -0.3 is 10.0 Å². The molecule has 1 aromatic carbocycles. The van der Waals surface area contributed by atoms with Crippen LogP contribution in [-0.2, 0) is 19.6 Å². The monoisotopic (exact) mass is 366 g/mol. The first-order valence-electron chi connectivity index (χ1n) is 8.46. The molecule has 136 valence electrons. The average Bonchev–Trinajstić information content (AvgIpc) is 3.01. The van der Waals surface area contributed by atoms with Crippen LogP contribution in [0, 0.1) is 5.92 Å². The summed E-state index contributed by atoms with van der Waals surface area (Å²) in [4.78, 5) is 24.8. The molecule has 1 aromatic rings. The molecule has 2 aliphatic heterocycles. The molecule has 2 aliphatic rings. The molecule has 7 nitrogen and oxygen atoms in total. The molecule has 2 saturated heterocycles. The number of hydrogen-bond donors (Lipinski definition) is 1. The number of rotatable bonds is 4. The number of piperidine rings is 1. The number of carbonyl (C=O) groups is 2. The van der Waals surface area contributed by atoms with Crippen molar-refractivity contribution in [1.82, 2.24) is 4.31 Å². The quantitative estimate of drug-likeness (QED) is 0.875. The largest absolute Gasteiger partial charge is 0.481 e. The normalized spacial score (nSPS) is 25.3. The highest BCUT2D eigenvalue weighted by molar-refractivity contribution is 7.89. The van der Waals surface area contributed by atoms with Gasteiger partial charge in [-0.1, -0.05) is 0 Å². The summed E-state index contributed by atoms with van der Waals surface area (Å²) in [6, 6.07) is 6.03. The Morgan fingerprint density at radius 1 is 1.20 bits per heavy atom. The van der Waals surface area contributed by atoms with Crippen LogP contribution in [0.4, 0.5) is 5.69 Å². The van der Waals surface area contributed by atoms with Gasteiger partial charge in [-0.2, -0.15) is 4.31 Å². The van der Waals surface area contributed by atoms with E-state index in [1.807, 2.05) is 0 Å². The van der Waals surface area contributed by atoms with Gasteiger partial charge in [0.1, 0.15) is 0 Å². The van der Waals surface area contributed by atoms with E-state index in [1.165, 1.54) is 16.4 Å². The SMILES string of the molecule is CC1CCC(C(=O)O)CN1S(=O)(=O)c1ccc(N2CCCC2=O)cc1. The van der Waals surface area contributed by atoms with Gasteiger partial charge in [-0.3, -0.25) is 9.59 Å². The third-order valence-electron chi connectivity index (χ3n) is 5.00. The molecule has 0 radical (unpaired) electrons. The highest BCUT2D eigenvalue weighted by atomic mass is 32.2. The van der Waals surface area contributed by atoms with E-state index in [4.69, 9.17) is 0 Å². The summed E-state index contributed by atoms with van der Waals surface area (Å²) in [6.07, 6.45) is 2.33. The third kappa shape index (κ3) is 3.41. The van der Waals surface area contributed by atoms with Crippen LogP contribution in [0.3, 0.4) is 0 Å². The Bertz CT molecular complexity index is 775. The van der Waals surface area contributed by atoms with Gasteiger partial charge in [0, 0.05) is 31.2 Å². The van der Waals surface area contributed by atoms with Gasteiger partial charge >= 0.3 is 5.97 Å². The summed E-state index contributed by atoms with van der Waals surface area (Å²) in [5.41, 5.74) is 0.691. The summed E-state index contributed by atoms with van der Waals surface area (Å²) in [7, 11) is -3.76. The molecule has 0 aromatic heterocycles. The topological polar surface area (TPSA) is 95.0 Å². The highest BCUT2D eigenvalue weighted by Gasteiger charge is 2.37. The molecule has 0 bridgehead atoms. The van der Waals surface area contributed by atoms with Crippen molar-refractivity contribution in [1.29, 1.82) is 0 Å². The van der Waals surface area contributed by atoms with Crippen LogP contribution in [0.1, 0.15) is 32.6 Å². The van der Waals surface area contributed by atoms with Crippen molar-refractivity contribution in [2.45, 2.75) is 43.5 Å². The zero-order chi connectivity index (χ0) is 18.2. The van der Waals surface area contributed by atoms with Crippen LogP contribution in [-0.4, -0.2) is 48.8 Å². The Hall–Kier alpha value is -1.93. The average molecular weight is 366 g/mol. The number of anilines is 1. The first kappa shape index (κ1) is 17.9. The van der Waals surface area contributed by atoms with E-state index in [1.54, 1.807) is 24.0 Å². The standard InChI is InChI=1S/C17H22N2O5S/c1-12-4-5-13(17(21)22)11-19(12)25(23,24)15-8-6-14(7-9-15)18-10-2-3-16(18)20/h6-9,12-13H,2-5,10-11H2,1H3,(H,21,22). The molecule has 25 heavy (non-hydrogen) atoms. The Morgan fingerprint density at radius 3 is 2.44 bits per heavy atom. The summed E-state index contributed by atoms with van der Waals surface area (Å²) < 4.78 is 27.1. The molecular weight excluding hydrogens is 344 g/mol. The maximum absolute atomic E-state index is 12.9. The van der Waals surface area contributed by atoms with Crippen molar-refractivity contribution < 1.29 is 23.1 Å². The maximum atomic E-state index is 12.9. The fraction of sp³-hybridized carbons (Fsp3) is 0.529. The van der Waals surface area contributed by atoms with Crippen molar-refractivity contribution in [3.8, 4) is 0 Å². The first-order chi connectivity index (χ1) is 11.8. The van der Waals surface area contributed by atoms with Crippen molar-refractivity contribution in [2.24, 2.45) is 5.92 Å². The van der Waals surface area contributed by atoms with Crippen LogP contribution in [0.15, 0.2) is 29.2 Å². The second-order valence-corrected chi connectivity index (χ2v) is 8.57. The molecule has 0 spiro atoms. The molecule has 2 fully saturated rings. The van der Waals surface area contributed by atoms with Crippen molar-refractivity contribution in [2.75, 3.05) is 18.0 Å². The van der Waals surface area contributed by atoms with Crippen LogP contribution in [0.5, 0.6) is 0 Å². The lowest BCUT2D eigenvalue weighted by Gasteiger charge is -2.35. The Kier molecular flexibility index (Phi) is 4.83. The van der Waals surface area contributed by atoms with Crippen molar-refractivity contribution in [3.05, 3.63) is 24.3 Å². The summed E-state index contributed by atoms with van der Waals surface area (Å²) in [5.74, 6) is -1.59. The van der Waals surface area contributed by atoms with Gasteiger partial charge in [0.2, 0.25) is 15.9 Å². The third-order valence-corrected chi connectivity index (χ3v) is 7.00. The van der Waals surface area contributed by atoms with Crippen LogP contribution in [0.25, 0.3) is 0 Å². The number of aliphatic carboxylic acids is 1. The summed E-state index contributed by atoms with van der Waals surface area (Å²) in [5, 5.41) is 9.20. The molecule has 0 aliphatic carbocycles. The molecule has 3 rings (SSSR count). The van der Waals surface area contributed by atoms with Gasteiger partial charge in [0.25, 0.3) is 0 Å². The number of sulfonamides is 1. The second kappa shape index (κ2) is 6.76. The zero-order valence-corrected chi connectivity index (χ0v) is 14.9. The van der Waals surface area contributed by atoms with Gasteiger partial charge in [-0.05, 0) is 50.5 Å². The first-order valence-corrected chi connectivity index (χ1v) is 9.90. The molecule has 1 amide bonds. The summed E-state index contributed by atoms with van der Waals surface area (Å²) >= 11 is 0.